The first-order chi connectivity index (χ1) is 17.0. The van der Waals surface area contributed by atoms with Crippen molar-refractivity contribution in [3.8, 4) is 11.1 Å². The summed E-state index contributed by atoms with van der Waals surface area (Å²) in [5.41, 5.74) is 5.08. The zero-order valence-electron chi connectivity index (χ0n) is 21.2. The van der Waals surface area contributed by atoms with Gasteiger partial charge in [0, 0.05) is 35.6 Å². The average molecular weight is 509 g/mol. The standard InChI is InChI=1S/C27H32N4O4S/c1-6-36(34,35)20-9-7-8-18(11-20)22-12-21(27(33)29-14-19(32)15-31(4)5)17(3)25-24(22)23-10-16(2)13-28-26(23)30-25/h7-13,19,32H,6,14-15H2,1-5H3,(H,28,30)(H,29,33). The minimum absolute atomic E-state index is 0.00110. The Bertz CT molecular complexity index is 1560. The highest BCUT2D eigenvalue weighted by Crippen LogP contribution is 2.38. The van der Waals surface area contributed by atoms with E-state index < -0.39 is 15.9 Å². The molecule has 2 aromatic carbocycles. The summed E-state index contributed by atoms with van der Waals surface area (Å²) in [5, 5.41) is 14.8. The second kappa shape index (κ2) is 10.0. The highest BCUT2D eigenvalue weighted by Gasteiger charge is 2.21. The highest BCUT2D eigenvalue weighted by molar-refractivity contribution is 7.91. The Morgan fingerprint density at radius 3 is 2.64 bits per heavy atom. The summed E-state index contributed by atoms with van der Waals surface area (Å²) in [6, 6.07) is 10.7. The number of likely N-dealkylation sites (N-methyl/N-ethyl adjacent to an activating group) is 1. The van der Waals surface area contributed by atoms with Crippen LogP contribution in [0, 0.1) is 13.8 Å². The number of carbonyl (C=O) groups excluding carboxylic acids is 1. The minimum Gasteiger partial charge on any atom is -0.390 e. The molecular weight excluding hydrogens is 476 g/mol. The zero-order chi connectivity index (χ0) is 26.2. The van der Waals surface area contributed by atoms with E-state index in [1.165, 1.54) is 0 Å². The van der Waals surface area contributed by atoms with Crippen molar-refractivity contribution in [1.29, 1.82) is 0 Å². The van der Waals surface area contributed by atoms with Gasteiger partial charge in [0.05, 0.1) is 22.3 Å². The number of aliphatic hydroxyl groups is 1. The Kier molecular flexibility index (Phi) is 7.17. The third-order valence-corrected chi connectivity index (χ3v) is 8.06. The maximum Gasteiger partial charge on any atom is 0.251 e. The van der Waals surface area contributed by atoms with Crippen LogP contribution in [0.15, 0.2) is 47.5 Å². The van der Waals surface area contributed by atoms with Crippen LogP contribution in [0.4, 0.5) is 0 Å². The summed E-state index contributed by atoms with van der Waals surface area (Å²) >= 11 is 0. The van der Waals surface area contributed by atoms with Gasteiger partial charge in [-0.3, -0.25) is 4.79 Å². The van der Waals surface area contributed by atoms with Crippen LogP contribution in [0.5, 0.6) is 0 Å². The molecule has 0 saturated heterocycles. The molecule has 0 spiro atoms. The lowest BCUT2D eigenvalue weighted by Crippen LogP contribution is -2.37. The van der Waals surface area contributed by atoms with Crippen molar-refractivity contribution >= 4 is 37.7 Å². The van der Waals surface area contributed by atoms with Gasteiger partial charge in [-0.2, -0.15) is 0 Å². The van der Waals surface area contributed by atoms with E-state index >= 15 is 0 Å². The molecule has 0 radical (unpaired) electrons. The van der Waals surface area contributed by atoms with Gasteiger partial charge in [0.15, 0.2) is 9.84 Å². The molecule has 2 heterocycles. The van der Waals surface area contributed by atoms with Crippen LogP contribution in [-0.4, -0.2) is 73.3 Å². The zero-order valence-corrected chi connectivity index (χ0v) is 22.0. The smallest absolute Gasteiger partial charge is 0.251 e. The summed E-state index contributed by atoms with van der Waals surface area (Å²) in [5.74, 6) is -0.313. The quantitative estimate of drug-likeness (QED) is 0.336. The van der Waals surface area contributed by atoms with Gasteiger partial charge in [-0.15, -0.1) is 0 Å². The summed E-state index contributed by atoms with van der Waals surface area (Å²) in [4.78, 5) is 23.2. The fourth-order valence-electron chi connectivity index (χ4n) is 4.47. The number of fused-ring (bicyclic) bond motifs is 3. The first-order valence-electron chi connectivity index (χ1n) is 11.9. The lowest BCUT2D eigenvalue weighted by atomic mass is 9.93. The number of H-pyrrole nitrogens is 1. The van der Waals surface area contributed by atoms with Gasteiger partial charge in [0.1, 0.15) is 5.65 Å². The number of amides is 1. The summed E-state index contributed by atoms with van der Waals surface area (Å²) < 4.78 is 25.2. The lowest BCUT2D eigenvalue weighted by Gasteiger charge is -2.17. The SMILES string of the molecule is CCS(=O)(=O)c1cccc(-c2cc(C(=O)NCC(O)CN(C)C)c(C)c3[nH]c4ncc(C)cc4c23)c1. The predicted molar refractivity (Wildman–Crippen MR) is 143 cm³/mol. The number of aromatic nitrogens is 2. The Morgan fingerprint density at radius 2 is 1.94 bits per heavy atom. The molecule has 1 unspecified atom stereocenters. The van der Waals surface area contributed by atoms with Crippen molar-refractivity contribution < 1.29 is 18.3 Å². The van der Waals surface area contributed by atoms with E-state index in [0.29, 0.717) is 23.3 Å². The molecule has 36 heavy (non-hydrogen) atoms. The van der Waals surface area contributed by atoms with E-state index in [4.69, 9.17) is 0 Å². The summed E-state index contributed by atoms with van der Waals surface area (Å²) in [7, 11) is 0.298. The largest absolute Gasteiger partial charge is 0.390 e. The Labute approximate surface area is 211 Å². The molecule has 1 atom stereocenters. The van der Waals surface area contributed by atoms with Crippen molar-refractivity contribution in [1.82, 2.24) is 20.2 Å². The summed E-state index contributed by atoms with van der Waals surface area (Å²) in [6.07, 6.45) is 1.07. The van der Waals surface area contributed by atoms with Crippen molar-refractivity contribution in [3.63, 3.8) is 0 Å². The third kappa shape index (κ3) is 5.00. The molecular formula is C27H32N4O4S. The third-order valence-electron chi connectivity index (χ3n) is 6.33. The number of benzene rings is 2. The van der Waals surface area contributed by atoms with Crippen molar-refractivity contribution in [2.45, 2.75) is 31.8 Å². The molecule has 4 aromatic rings. The van der Waals surface area contributed by atoms with Crippen LogP contribution in [0.25, 0.3) is 33.1 Å². The molecule has 4 rings (SSSR count). The second-order valence-corrected chi connectivity index (χ2v) is 11.7. The number of hydrogen-bond acceptors (Lipinski definition) is 6. The molecule has 0 aliphatic carbocycles. The fraction of sp³-hybridized carbons (Fsp3) is 0.333. The summed E-state index contributed by atoms with van der Waals surface area (Å²) in [6.45, 7) is 5.99. The van der Waals surface area contributed by atoms with Crippen molar-refractivity contribution in [3.05, 3.63) is 59.3 Å². The molecule has 0 saturated carbocycles. The number of nitrogens with one attached hydrogen (secondary N) is 2. The van der Waals surface area contributed by atoms with E-state index in [9.17, 15) is 18.3 Å². The van der Waals surface area contributed by atoms with Gasteiger partial charge in [0.25, 0.3) is 5.91 Å². The predicted octanol–water partition coefficient (Wildman–Crippen LogP) is 3.45. The molecule has 0 bridgehead atoms. The van der Waals surface area contributed by atoms with Crippen LogP contribution in [-0.2, 0) is 9.84 Å². The number of aliphatic hydroxyl groups excluding tert-OH is 1. The van der Waals surface area contributed by atoms with Gasteiger partial charge in [-0.05, 0) is 74.5 Å². The van der Waals surface area contributed by atoms with Gasteiger partial charge in [-0.25, -0.2) is 13.4 Å². The number of nitrogens with zero attached hydrogens (tertiary/aromatic N) is 2. The maximum absolute atomic E-state index is 13.3. The van der Waals surface area contributed by atoms with Crippen LogP contribution >= 0.6 is 0 Å². The minimum atomic E-state index is -3.41. The number of aryl methyl sites for hydroxylation is 2. The fourth-order valence-corrected chi connectivity index (χ4v) is 5.40. The Balaban J connectivity index is 1.92. The van der Waals surface area contributed by atoms with Gasteiger partial charge in [0.2, 0.25) is 0 Å². The number of aromatic amines is 1. The van der Waals surface area contributed by atoms with Crippen molar-refractivity contribution in [2.75, 3.05) is 32.9 Å². The maximum atomic E-state index is 13.3. The molecule has 8 nitrogen and oxygen atoms in total. The van der Waals surface area contributed by atoms with Crippen molar-refractivity contribution in [2.24, 2.45) is 0 Å². The monoisotopic (exact) mass is 508 g/mol. The van der Waals surface area contributed by atoms with E-state index in [1.807, 2.05) is 45.0 Å². The van der Waals surface area contributed by atoms with E-state index in [-0.39, 0.29) is 23.1 Å². The van der Waals surface area contributed by atoms with Crippen LogP contribution < -0.4 is 5.32 Å². The average Bonchev–Trinajstić information content (AvgIpc) is 3.22. The molecule has 2 aromatic heterocycles. The Hall–Kier alpha value is -3.27. The van der Waals surface area contributed by atoms with Crippen LogP contribution in [0.3, 0.4) is 0 Å². The molecule has 0 aliphatic rings. The number of rotatable bonds is 8. The molecule has 0 aliphatic heterocycles. The second-order valence-electron chi connectivity index (χ2n) is 9.44. The van der Waals surface area contributed by atoms with E-state index in [2.05, 4.69) is 15.3 Å². The number of carbonyl (C=O) groups is 1. The number of sulfone groups is 1. The number of pyridine rings is 1. The first kappa shape index (κ1) is 25.8. The molecule has 3 N–H and O–H groups in total. The molecule has 9 heteroatoms. The first-order valence-corrected chi connectivity index (χ1v) is 13.5. The van der Waals surface area contributed by atoms with E-state index in [0.717, 1.165) is 33.0 Å². The molecule has 190 valence electrons. The molecule has 1 amide bonds. The molecule has 0 fully saturated rings. The van der Waals surface area contributed by atoms with Crippen LogP contribution in [0.1, 0.15) is 28.4 Å². The van der Waals surface area contributed by atoms with E-state index in [1.54, 1.807) is 37.4 Å². The lowest BCUT2D eigenvalue weighted by molar-refractivity contribution is 0.0892. The van der Waals surface area contributed by atoms with Gasteiger partial charge < -0.3 is 20.3 Å². The number of hydrogen-bond donors (Lipinski definition) is 3. The van der Waals surface area contributed by atoms with Gasteiger partial charge in [-0.1, -0.05) is 19.1 Å². The van der Waals surface area contributed by atoms with Gasteiger partial charge >= 0.3 is 0 Å². The van der Waals surface area contributed by atoms with Crippen LogP contribution in [0.2, 0.25) is 0 Å². The Morgan fingerprint density at radius 1 is 1.19 bits per heavy atom. The topological polar surface area (TPSA) is 115 Å². The highest BCUT2D eigenvalue weighted by atomic mass is 32.2. The normalized spacial score (nSPS) is 13.0.